The first-order chi connectivity index (χ1) is 38.4. The Bertz CT molecular complexity index is 4970. The van der Waals surface area contributed by atoms with Crippen molar-refractivity contribution < 1.29 is 4.42 Å². The largest absolute Gasteiger partial charge is 0.456 e. The first-order valence-electron chi connectivity index (χ1n) is 27.9. The fourth-order valence-electron chi connectivity index (χ4n) is 13.1. The molecule has 15 aromatic rings. The van der Waals surface area contributed by atoms with Gasteiger partial charge in [0.2, 0.25) is 0 Å². The van der Waals surface area contributed by atoms with E-state index in [1.54, 1.807) is 0 Å². The molecule has 0 saturated carbocycles. The van der Waals surface area contributed by atoms with Crippen LogP contribution in [0.5, 0.6) is 0 Å². The van der Waals surface area contributed by atoms with Crippen LogP contribution in [0.4, 0.5) is 0 Å². The summed E-state index contributed by atoms with van der Waals surface area (Å²) in [6.45, 7) is 14.0. The summed E-state index contributed by atoms with van der Waals surface area (Å²) in [4.78, 5) is 0. The van der Waals surface area contributed by atoms with E-state index in [4.69, 9.17) is 4.42 Å². The van der Waals surface area contributed by atoms with Crippen molar-refractivity contribution >= 4 is 97.3 Å². The van der Waals surface area contributed by atoms with Crippen LogP contribution in [0.3, 0.4) is 0 Å². The molecule has 79 heavy (non-hydrogen) atoms. The first-order valence-corrected chi connectivity index (χ1v) is 27.9. The number of para-hydroxylation sites is 1. The molecule has 376 valence electrons. The molecule has 0 bridgehead atoms. The number of fused-ring (bicyclic) bond motifs is 10. The molecule has 0 unspecified atom stereocenters. The maximum Gasteiger partial charge on any atom is 0.135 e. The van der Waals surface area contributed by atoms with Gasteiger partial charge in [-0.2, -0.15) is 0 Å². The Morgan fingerprint density at radius 1 is 0.228 bits per heavy atom. The smallest absolute Gasteiger partial charge is 0.135 e. The highest BCUT2D eigenvalue weighted by Gasteiger charge is 2.24. The van der Waals surface area contributed by atoms with Gasteiger partial charge in [0.1, 0.15) is 11.2 Å². The normalized spacial score (nSPS) is 12.4. The molecule has 0 aliphatic heterocycles. The van der Waals surface area contributed by atoms with Crippen molar-refractivity contribution in [1.29, 1.82) is 0 Å². The molecule has 0 fully saturated rings. The summed E-state index contributed by atoms with van der Waals surface area (Å²) in [5.74, 6) is 0. The molecule has 0 saturated heterocycles. The lowest BCUT2D eigenvalue weighted by atomic mass is 9.79. The summed E-state index contributed by atoms with van der Waals surface area (Å²) < 4.78 is 6.28. The standard InChI is InChI=1S/C78H58O/c1-77(2,3)55-35-39-67-69(45-55)75(51-30-29-47-17-7-8-18-48(47)41-51)66-38-34-56(78(4,5)6)46-70(66)76(67)53-32-37-58-50(43-53)20-16-27-60(58)59-26-15-19-49-42-52(31-36-57(49)59)73-62-22-9-11-24-64(62)74(65-25-12-10-23-63(65)73)54-33-40-72-68(44-54)61-21-13-14-28-71(61)79-72/h7-46H,1-6H3. The Morgan fingerprint density at radius 2 is 0.595 bits per heavy atom. The quantitative estimate of drug-likeness (QED) is 0.157. The Kier molecular flexibility index (Phi) is 10.5. The number of benzene rings is 14. The molecule has 0 amide bonds. The van der Waals surface area contributed by atoms with Gasteiger partial charge in [-0.1, -0.05) is 236 Å². The minimum atomic E-state index is -0.0310. The topological polar surface area (TPSA) is 13.1 Å². The van der Waals surface area contributed by atoms with Crippen LogP contribution in [0.15, 0.2) is 247 Å². The molecule has 14 aromatic carbocycles. The van der Waals surface area contributed by atoms with E-state index < -0.39 is 0 Å². The van der Waals surface area contributed by atoms with Gasteiger partial charge in [-0.25, -0.2) is 0 Å². The molecule has 1 heterocycles. The van der Waals surface area contributed by atoms with Crippen molar-refractivity contribution in [3.63, 3.8) is 0 Å². The van der Waals surface area contributed by atoms with E-state index in [2.05, 4.69) is 278 Å². The number of furan rings is 1. The van der Waals surface area contributed by atoms with Gasteiger partial charge in [0.05, 0.1) is 0 Å². The van der Waals surface area contributed by atoms with Crippen LogP contribution in [0, 0.1) is 0 Å². The van der Waals surface area contributed by atoms with Gasteiger partial charge in [-0.15, -0.1) is 0 Å². The third kappa shape index (κ3) is 7.59. The second-order valence-electron chi connectivity index (χ2n) is 24.0. The van der Waals surface area contributed by atoms with Crippen LogP contribution in [-0.2, 0) is 10.8 Å². The van der Waals surface area contributed by atoms with Crippen LogP contribution in [0.1, 0.15) is 52.7 Å². The molecule has 1 nitrogen and oxygen atoms in total. The summed E-state index contributed by atoms with van der Waals surface area (Å²) in [6, 6.07) is 91.2. The van der Waals surface area contributed by atoms with Gasteiger partial charge in [0.15, 0.2) is 0 Å². The van der Waals surface area contributed by atoms with Gasteiger partial charge < -0.3 is 4.42 Å². The van der Waals surface area contributed by atoms with Crippen molar-refractivity contribution in [2.75, 3.05) is 0 Å². The maximum atomic E-state index is 6.28. The lowest BCUT2D eigenvalue weighted by Crippen LogP contribution is -2.11. The van der Waals surface area contributed by atoms with E-state index in [-0.39, 0.29) is 10.8 Å². The SMILES string of the molecule is CC(C)(C)c1ccc2c(-c3ccc4c(-c5cccc6cc(-c7c8ccccc8c(-c8ccc9oc%10ccccc%10c9c8)c8ccccc78)ccc56)cccc4c3)c3cc(C(C)(C)C)ccc3c(-c3ccc4ccccc4c3)c2c1. The molecule has 0 aliphatic rings. The summed E-state index contributed by atoms with van der Waals surface area (Å²) in [6.07, 6.45) is 0. The predicted octanol–water partition coefficient (Wildman–Crippen LogP) is 22.6. The summed E-state index contributed by atoms with van der Waals surface area (Å²) in [5, 5.41) is 19.8. The fourth-order valence-corrected chi connectivity index (χ4v) is 13.1. The highest BCUT2D eigenvalue weighted by atomic mass is 16.3. The molecule has 0 aliphatic carbocycles. The average Bonchev–Trinajstić information content (AvgIpc) is 4.03. The molecular formula is C78H58O. The molecule has 0 spiro atoms. The van der Waals surface area contributed by atoms with E-state index in [1.165, 1.54) is 142 Å². The molecule has 0 atom stereocenters. The second kappa shape index (κ2) is 17.6. The monoisotopic (exact) mass is 1010 g/mol. The highest BCUT2D eigenvalue weighted by molar-refractivity contribution is 6.24. The molecular weight excluding hydrogens is 953 g/mol. The second-order valence-corrected chi connectivity index (χ2v) is 24.0. The zero-order chi connectivity index (χ0) is 53.3. The zero-order valence-electron chi connectivity index (χ0n) is 45.5. The van der Waals surface area contributed by atoms with E-state index in [0.29, 0.717) is 0 Å². The van der Waals surface area contributed by atoms with E-state index in [0.717, 1.165) is 21.9 Å². The molecule has 15 rings (SSSR count). The van der Waals surface area contributed by atoms with Crippen molar-refractivity contribution in [3.05, 3.63) is 254 Å². The van der Waals surface area contributed by atoms with E-state index >= 15 is 0 Å². The predicted molar refractivity (Wildman–Crippen MR) is 341 cm³/mol. The number of rotatable bonds is 5. The van der Waals surface area contributed by atoms with Crippen molar-refractivity contribution in [2.45, 2.75) is 52.4 Å². The third-order valence-corrected chi connectivity index (χ3v) is 17.1. The van der Waals surface area contributed by atoms with Crippen LogP contribution < -0.4 is 0 Å². The molecule has 0 radical (unpaired) electrons. The van der Waals surface area contributed by atoms with Gasteiger partial charge in [0, 0.05) is 10.8 Å². The number of hydrogen-bond donors (Lipinski definition) is 0. The maximum absolute atomic E-state index is 6.28. The zero-order valence-corrected chi connectivity index (χ0v) is 45.5. The van der Waals surface area contributed by atoms with Gasteiger partial charge >= 0.3 is 0 Å². The Balaban J connectivity index is 0.887. The minimum Gasteiger partial charge on any atom is -0.456 e. The van der Waals surface area contributed by atoms with Crippen LogP contribution in [0.2, 0.25) is 0 Å². The minimum absolute atomic E-state index is 0.0226. The Hall–Kier alpha value is -9.30. The van der Waals surface area contributed by atoms with E-state index in [1.807, 2.05) is 6.07 Å². The van der Waals surface area contributed by atoms with Crippen molar-refractivity contribution in [1.82, 2.24) is 0 Å². The van der Waals surface area contributed by atoms with Gasteiger partial charge in [-0.05, 0) is 202 Å². The summed E-state index contributed by atoms with van der Waals surface area (Å²) in [5.41, 5.74) is 16.8. The van der Waals surface area contributed by atoms with Crippen LogP contribution >= 0.6 is 0 Å². The van der Waals surface area contributed by atoms with Gasteiger partial charge in [0.25, 0.3) is 0 Å². The number of hydrogen-bond acceptors (Lipinski definition) is 1. The van der Waals surface area contributed by atoms with Crippen LogP contribution in [0.25, 0.3) is 153 Å². The van der Waals surface area contributed by atoms with Gasteiger partial charge in [-0.3, -0.25) is 0 Å². The lowest BCUT2D eigenvalue weighted by molar-refractivity contribution is 0.590. The summed E-state index contributed by atoms with van der Waals surface area (Å²) in [7, 11) is 0. The first kappa shape index (κ1) is 47.0. The Morgan fingerprint density at radius 3 is 1.11 bits per heavy atom. The van der Waals surface area contributed by atoms with E-state index in [9.17, 15) is 0 Å². The Labute approximate surface area is 461 Å². The van der Waals surface area contributed by atoms with Crippen LogP contribution in [-0.4, -0.2) is 0 Å². The fraction of sp³-hybridized carbons (Fsp3) is 0.103. The third-order valence-electron chi connectivity index (χ3n) is 17.1. The van der Waals surface area contributed by atoms with Crippen molar-refractivity contribution in [2.24, 2.45) is 0 Å². The molecule has 0 N–H and O–H groups in total. The molecule has 1 aromatic heterocycles. The lowest BCUT2D eigenvalue weighted by Gasteiger charge is -2.25. The summed E-state index contributed by atoms with van der Waals surface area (Å²) >= 11 is 0. The average molecular weight is 1010 g/mol. The molecule has 1 heteroatoms. The highest BCUT2D eigenvalue weighted by Crippen LogP contribution is 2.49. The van der Waals surface area contributed by atoms with Crippen molar-refractivity contribution in [3.8, 4) is 55.6 Å².